The standard InChI is InChI=1S/C14H21N3O3Si/c1-16-6-5-11-13(14(16)19)15-12(9-18)17(11)10-20-7-8-21(2,3)4/h5-6,9H,7-8,10H2,1-4H3. The molecule has 114 valence electrons. The maximum atomic E-state index is 12.0. The molecule has 7 heteroatoms. The van der Waals surface area contributed by atoms with Crippen molar-refractivity contribution in [2.24, 2.45) is 7.05 Å². The zero-order chi connectivity index (χ0) is 15.6. The van der Waals surface area contributed by atoms with Crippen LogP contribution < -0.4 is 5.56 Å². The second-order valence-electron chi connectivity index (χ2n) is 6.33. The molecule has 2 aromatic heterocycles. The van der Waals surface area contributed by atoms with Crippen molar-refractivity contribution in [3.63, 3.8) is 0 Å². The minimum atomic E-state index is -1.14. The van der Waals surface area contributed by atoms with Crippen molar-refractivity contribution in [1.29, 1.82) is 0 Å². The van der Waals surface area contributed by atoms with Crippen LogP contribution in [-0.4, -0.2) is 35.1 Å². The van der Waals surface area contributed by atoms with Gasteiger partial charge in [-0.2, -0.15) is 0 Å². The van der Waals surface area contributed by atoms with Gasteiger partial charge >= 0.3 is 0 Å². The van der Waals surface area contributed by atoms with Gasteiger partial charge in [-0.25, -0.2) is 4.98 Å². The van der Waals surface area contributed by atoms with Gasteiger partial charge in [-0.05, 0) is 12.1 Å². The van der Waals surface area contributed by atoms with Crippen LogP contribution in [0.25, 0.3) is 11.0 Å². The number of nitrogens with zero attached hydrogens (tertiary/aromatic N) is 3. The highest BCUT2D eigenvalue weighted by atomic mass is 28.3. The molecule has 0 radical (unpaired) electrons. The average Bonchev–Trinajstić information content (AvgIpc) is 2.76. The summed E-state index contributed by atoms with van der Waals surface area (Å²) in [6.45, 7) is 7.73. The molecule has 0 aromatic carbocycles. The Morgan fingerprint density at radius 3 is 2.71 bits per heavy atom. The van der Waals surface area contributed by atoms with Gasteiger partial charge in [-0.1, -0.05) is 19.6 Å². The maximum Gasteiger partial charge on any atom is 0.278 e. The van der Waals surface area contributed by atoms with E-state index < -0.39 is 8.07 Å². The van der Waals surface area contributed by atoms with Crippen molar-refractivity contribution in [1.82, 2.24) is 14.1 Å². The van der Waals surface area contributed by atoms with E-state index in [0.717, 1.165) is 6.04 Å². The fourth-order valence-electron chi connectivity index (χ4n) is 1.99. The molecule has 0 amide bonds. The largest absolute Gasteiger partial charge is 0.361 e. The molecular formula is C14H21N3O3Si. The number of ether oxygens (including phenoxy) is 1. The first-order chi connectivity index (χ1) is 9.83. The number of fused-ring (bicyclic) bond motifs is 1. The number of rotatable bonds is 6. The highest BCUT2D eigenvalue weighted by molar-refractivity contribution is 6.76. The topological polar surface area (TPSA) is 66.1 Å². The summed E-state index contributed by atoms with van der Waals surface area (Å²) in [5.74, 6) is 0.223. The fourth-order valence-corrected chi connectivity index (χ4v) is 2.74. The lowest BCUT2D eigenvalue weighted by Gasteiger charge is -2.15. The molecule has 0 N–H and O–H groups in total. The SMILES string of the molecule is Cn1ccc2c(nc(C=O)n2COCC[Si](C)(C)C)c1=O. The normalized spacial score (nSPS) is 12.0. The van der Waals surface area contributed by atoms with E-state index in [1.165, 1.54) is 4.57 Å². The highest BCUT2D eigenvalue weighted by Crippen LogP contribution is 2.13. The van der Waals surface area contributed by atoms with Gasteiger partial charge < -0.3 is 9.30 Å². The van der Waals surface area contributed by atoms with Crippen LogP contribution in [0.3, 0.4) is 0 Å². The lowest BCUT2D eigenvalue weighted by atomic mass is 10.4. The van der Waals surface area contributed by atoms with Crippen LogP contribution in [0, 0.1) is 0 Å². The van der Waals surface area contributed by atoms with Crippen molar-refractivity contribution in [3.05, 3.63) is 28.4 Å². The summed E-state index contributed by atoms with van der Waals surface area (Å²) in [6, 6.07) is 2.83. The lowest BCUT2D eigenvalue weighted by molar-refractivity contribution is 0.0856. The molecule has 0 fully saturated rings. The van der Waals surface area contributed by atoms with Crippen LogP contribution >= 0.6 is 0 Å². The Bertz CT molecular complexity index is 713. The van der Waals surface area contributed by atoms with Gasteiger partial charge in [-0.15, -0.1) is 0 Å². The Hall–Kier alpha value is -1.73. The van der Waals surface area contributed by atoms with E-state index in [1.807, 2.05) is 0 Å². The Morgan fingerprint density at radius 2 is 2.10 bits per heavy atom. The summed E-state index contributed by atoms with van der Waals surface area (Å²) in [5.41, 5.74) is 0.723. The van der Waals surface area contributed by atoms with Crippen LogP contribution in [0.15, 0.2) is 17.1 Å². The first-order valence-corrected chi connectivity index (χ1v) is 10.6. The molecule has 0 spiro atoms. The van der Waals surface area contributed by atoms with Crippen LogP contribution in [0.5, 0.6) is 0 Å². The zero-order valence-corrected chi connectivity index (χ0v) is 13.9. The predicted molar refractivity (Wildman–Crippen MR) is 84.5 cm³/mol. The first kappa shape index (κ1) is 15.7. The monoisotopic (exact) mass is 307 g/mol. The third-order valence-electron chi connectivity index (χ3n) is 3.34. The summed E-state index contributed by atoms with van der Waals surface area (Å²) in [4.78, 5) is 27.3. The Morgan fingerprint density at radius 1 is 1.38 bits per heavy atom. The molecule has 6 nitrogen and oxygen atoms in total. The van der Waals surface area contributed by atoms with E-state index in [1.54, 1.807) is 23.9 Å². The number of carbonyl (C=O) groups excluding carboxylic acids is 1. The summed E-state index contributed by atoms with van der Waals surface area (Å²) in [5, 5.41) is 0. The smallest absolute Gasteiger partial charge is 0.278 e. The van der Waals surface area contributed by atoms with Gasteiger partial charge in [0.25, 0.3) is 5.56 Å². The summed E-state index contributed by atoms with van der Waals surface area (Å²) in [6.07, 6.45) is 2.32. The molecule has 0 aliphatic heterocycles. The van der Waals surface area contributed by atoms with Crippen LogP contribution in [0.4, 0.5) is 0 Å². The van der Waals surface area contributed by atoms with E-state index in [2.05, 4.69) is 24.6 Å². The Balaban J connectivity index is 2.25. The third-order valence-corrected chi connectivity index (χ3v) is 5.04. The molecule has 0 aliphatic rings. The zero-order valence-electron chi connectivity index (χ0n) is 12.9. The number of carbonyl (C=O) groups is 1. The second-order valence-corrected chi connectivity index (χ2v) is 12.0. The van der Waals surface area contributed by atoms with E-state index in [0.29, 0.717) is 23.9 Å². The van der Waals surface area contributed by atoms with E-state index in [-0.39, 0.29) is 18.1 Å². The lowest BCUT2D eigenvalue weighted by Crippen LogP contribution is -2.22. The summed E-state index contributed by atoms with van der Waals surface area (Å²) >= 11 is 0. The van der Waals surface area contributed by atoms with E-state index in [4.69, 9.17) is 4.74 Å². The van der Waals surface area contributed by atoms with Gasteiger partial charge in [0.15, 0.2) is 17.6 Å². The number of imidazole rings is 1. The van der Waals surface area contributed by atoms with Crippen molar-refractivity contribution in [2.75, 3.05) is 6.61 Å². The van der Waals surface area contributed by atoms with E-state index in [9.17, 15) is 9.59 Å². The maximum absolute atomic E-state index is 12.0. The molecule has 2 heterocycles. The Kier molecular flexibility index (Phi) is 4.43. The second kappa shape index (κ2) is 5.95. The molecule has 2 aromatic rings. The van der Waals surface area contributed by atoms with Crippen LogP contribution in [0.1, 0.15) is 10.6 Å². The Labute approximate surface area is 124 Å². The molecule has 2 rings (SSSR count). The molecule has 0 bridgehead atoms. The van der Waals surface area contributed by atoms with Crippen molar-refractivity contribution in [2.45, 2.75) is 32.4 Å². The van der Waals surface area contributed by atoms with Crippen molar-refractivity contribution in [3.8, 4) is 0 Å². The minimum Gasteiger partial charge on any atom is -0.361 e. The molecule has 0 saturated heterocycles. The summed E-state index contributed by atoms with van der Waals surface area (Å²) < 4.78 is 8.76. The first-order valence-electron chi connectivity index (χ1n) is 6.92. The van der Waals surface area contributed by atoms with Crippen LogP contribution in [0.2, 0.25) is 25.7 Å². The predicted octanol–water partition coefficient (Wildman–Crippen LogP) is 1.86. The molecule has 0 unspecified atom stereocenters. The molecule has 0 aliphatic carbocycles. The quantitative estimate of drug-likeness (QED) is 0.464. The van der Waals surface area contributed by atoms with Gasteiger partial charge in [-0.3, -0.25) is 14.2 Å². The average molecular weight is 307 g/mol. The molecular weight excluding hydrogens is 286 g/mol. The summed E-state index contributed by atoms with van der Waals surface area (Å²) in [7, 11) is 0.515. The fraction of sp³-hybridized carbons (Fsp3) is 0.500. The number of hydrogen-bond acceptors (Lipinski definition) is 4. The van der Waals surface area contributed by atoms with Crippen molar-refractivity contribution < 1.29 is 9.53 Å². The number of aromatic nitrogens is 3. The molecule has 21 heavy (non-hydrogen) atoms. The number of aryl methyl sites for hydroxylation is 1. The van der Waals surface area contributed by atoms with Crippen LogP contribution in [-0.2, 0) is 18.5 Å². The van der Waals surface area contributed by atoms with Crippen molar-refractivity contribution >= 4 is 25.4 Å². The number of hydrogen-bond donors (Lipinski definition) is 0. The number of aldehydes is 1. The molecule has 0 saturated carbocycles. The molecule has 0 atom stereocenters. The minimum absolute atomic E-state index is 0.212. The number of pyridine rings is 1. The third kappa shape index (κ3) is 3.48. The van der Waals surface area contributed by atoms with Gasteiger partial charge in [0.05, 0.1) is 5.52 Å². The van der Waals surface area contributed by atoms with Gasteiger partial charge in [0.1, 0.15) is 6.73 Å². The van der Waals surface area contributed by atoms with Gasteiger partial charge in [0.2, 0.25) is 0 Å². The van der Waals surface area contributed by atoms with E-state index >= 15 is 0 Å². The highest BCUT2D eigenvalue weighted by Gasteiger charge is 2.15. The van der Waals surface area contributed by atoms with Gasteiger partial charge in [0, 0.05) is 27.9 Å².